The van der Waals surface area contributed by atoms with Crippen molar-refractivity contribution in [2.75, 3.05) is 0 Å². The van der Waals surface area contributed by atoms with Gasteiger partial charge in [-0.05, 0) is 27.6 Å². The fraction of sp³-hybridized carbons (Fsp3) is 0.100. The molecule has 25 heavy (non-hydrogen) atoms. The fourth-order valence-corrected chi connectivity index (χ4v) is 12.8. The molecule has 0 atom stereocenters. The maximum atomic E-state index is 6.29. The van der Waals surface area contributed by atoms with E-state index in [1.54, 1.807) is 0 Å². The van der Waals surface area contributed by atoms with E-state index in [2.05, 4.69) is 91.0 Å². The van der Waals surface area contributed by atoms with E-state index in [9.17, 15) is 0 Å². The van der Waals surface area contributed by atoms with Crippen LogP contribution in [0.5, 0.6) is 0 Å². The molecule has 0 saturated heterocycles. The van der Waals surface area contributed by atoms with Crippen molar-refractivity contribution in [1.82, 2.24) is 0 Å². The van der Waals surface area contributed by atoms with Gasteiger partial charge in [-0.15, -0.1) is 33.2 Å². The Morgan fingerprint density at radius 2 is 0.800 bits per heavy atom. The van der Waals surface area contributed by atoms with Crippen LogP contribution in [0.15, 0.2) is 91.0 Å². The first-order chi connectivity index (χ1) is 12.0. The largest absolute Gasteiger partial charge is 0.341 e. The van der Waals surface area contributed by atoms with Gasteiger partial charge in [-0.1, -0.05) is 91.0 Å². The molecule has 0 saturated carbocycles. The molecular weight excluding hydrogens is 403 g/mol. The van der Waals surface area contributed by atoms with Crippen molar-refractivity contribution < 1.29 is 0 Å². The van der Waals surface area contributed by atoms with E-state index in [1.807, 2.05) is 0 Å². The molecule has 0 nitrogen and oxygen atoms in total. The van der Waals surface area contributed by atoms with Gasteiger partial charge in [0.2, 0.25) is 0 Å². The standard InChI is InChI=1S/C20H19Cl3Si2/c21-25(22,23)17-16-24(18-10-4-1-5-11-18,19-12-6-2-7-13-19)20-14-8-3-9-15-20/h1-15H,16-17H2. The summed E-state index contributed by atoms with van der Waals surface area (Å²) in [7, 11) is -2.25. The Hall–Kier alpha value is -1.04. The lowest BCUT2D eigenvalue weighted by Gasteiger charge is -2.34. The Morgan fingerprint density at radius 1 is 0.480 bits per heavy atom. The normalized spacial score (nSPS) is 12.1. The molecular formula is C20H19Cl3Si2. The first-order valence-corrected chi connectivity index (χ1v) is 15.7. The predicted octanol–water partition coefficient (Wildman–Crippen LogP) is 4.81. The predicted molar refractivity (Wildman–Crippen MR) is 117 cm³/mol. The number of rotatable bonds is 6. The zero-order chi connectivity index (χ0) is 17.8. The molecule has 0 fully saturated rings. The van der Waals surface area contributed by atoms with Crippen LogP contribution in [0.3, 0.4) is 0 Å². The van der Waals surface area contributed by atoms with Crippen LogP contribution in [0.25, 0.3) is 0 Å². The van der Waals surface area contributed by atoms with Crippen LogP contribution in [0, 0.1) is 0 Å². The zero-order valence-corrected chi connectivity index (χ0v) is 18.0. The lowest BCUT2D eigenvalue weighted by atomic mass is 10.3. The number of benzene rings is 3. The molecule has 0 radical (unpaired) electrons. The Kier molecular flexibility index (Phi) is 6.08. The second-order valence-electron chi connectivity index (χ2n) is 6.12. The van der Waals surface area contributed by atoms with Gasteiger partial charge in [-0.25, -0.2) is 0 Å². The SMILES string of the molecule is Cl[Si](Cl)(Cl)CC[Si](c1ccccc1)(c1ccccc1)c1ccccc1. The molecule has 0 spiro atoms. The zero-order valence-electron chi connectivity index (χ0n) is 13.7. The summed E-state index contributed by atoms with van der Waals surface area (Å²) < 4.78 is 0. The Balaban J connectivity index is 2.24. The molecule has 0 aromatic heterocycles. The lowest BCUT2D eigenvalue weighted by Crippen LogP contribution is -2.67. The fourth-order valence-electron chi connectivity index (χ4n) is 3.43. The minimum Gasteiger partial charge on any atom is -0.126 e. The second kappa shape index (κ2) is 8.11. The van der Waals surface area contributed by atoms with E-state index in [0.29, 0.717) is 6.04 Å². The molecule has 0 amide bonds. The quantitative estimate of drug-likeness (QED) is 0.304. The minimum atomic E-state index is -2.71. The van der Waals surface area contributed by atoms with Crippen LogP contribution in [0.4, 0.5) is 0 Å². The average Bonchev–Trinajstić information content (AvgIpc) is 2.64. The summed E-state index contributed by atoms with van der Waals surface area (Å²) in [6, 6.07) is 31.0. The summed E-state index contributed by atoms with van der Waals surface area (Å²) in [6.07, 6.45) is 0. The molecule has 0 N–H and O–H groups in total. The molecule has 0 heterocycles. The molecule has 3 aromatic carbocycles. The third kappa shape index (κ3) is 4.39. The lowest BCUT2D eigenvalue weighted by molar-refractivity contribution is 1.37. The smallest absolute Gasteiger partial charge is 0.126 e. The monoisotopic (exact) mass is 420 g/mol. The van der Waals surface area contributed by atoms with E-state index >= 15 is 0 Å². The molecule has 0 aliphatic carbocycles. The first kappa shape index (κ1) is 18.7. The van der Waals surface area contributed by atoms with Crippen LogP contribution in [-0.4, -0.2) is 14.1 Å². The van der Waals surface area contributed by atoms with Gasteiger partial charge in [0, 0.05) is 0 Å². The molecule has 0 aliphatic rings. The van der Waals surface area contributed by atoms with Crippen molar-refractivity contribution >= 4 is 62.9 Å². The van der Waals surface area contributed by atoms with Crippen LogP contribution in [0.1, 0.15) is 0 Å². The summed E-state index contributed by atoms with van der Waals surface area (Å²) in [5, 5.41) is 4.07. The maximum absolute atomic E-state index is 6.29. The molecule has 0 unspecified atom stereocenters. The van der Waals surface area contributed by atoms with Gasteiger partial charge in [0.1, 0.15) is 8.07 Å². The van der Waals surface area contributed by atoms with Gasteiger partial charge < -0.3 is 0 Å². The second-order valence-corrected chi connectivity index (χ2v) is 19.4. The Morgan fingerprint density at radius 3 is 1.08 bits per heavy atom. The highest BCUT2D eigenvalue weighted by atomic mass is 35.8. The van der Waals surface area contributed by atoms with Crippen LogP contribution < -0.4 is 15.6 Å². The van der Waals surface area contributed by atoms with E-state index in [1.165, 1.54) is 15.6 Å². The van der Waals surface area contributed by atoms with Gasteiger partial charge in [0.25, 0.3) is 0 Å². The van der Waals surface area contributed by atoms with E-state index < -0.39 is 14.1 Å². The molecule has 3 aromatic rings. The molecule has 0 aliphatic heterocycles. The van der Waals surface area contributed by atoms with E-state index in [4.69, 9.17) is 33.2 Å². The van der Waals surface area contributed by atoms with Gasteiger partial charge in [0.15, 0.2) is 0 Å². The molecule has 0 bridgehead atoms. The summed E-state index contributed by atoms with van der Waals surface area (Å²) >= 11 is 18.9. The summed E-state index contributed by atoms with van der Waals surface area (Å²) in [5.74, 6) is 0. The third-order valence-corrected chi connectivity index (χ3v) is 12.6. The van der Waals surface area contributed by atoms with E-state index in [-0.39, 0.29) is 0 Å². The highest BCUT2D eigenvalue weighted by molar-refractivity contribution is 7.64. The van der Waals surface area contributed by atoms with Gasteiger partial charge in [0.05, 0.1) is 0 Å². The van der Waals surface area contributed by atoms with Gasteiger partial charge in [-0.2, -0.15) is 0 Å². The number of hydrogen-bond acceptors (Lipinski definition) is 0. The highest BCUT2D eigenvalue weighted by Crippen LogP contribution is 2.30. The average molecular weight is 422 g/mol. The summed E-state index contributed by atoms with van der Waals surface area (Å²) in [5.41, 5.74) is 0. The Labute approximate surface area is 165 Å². The third-order valence-electron chi connectivity index (χ3n) is 4.58. The maximum Gasteiger partial charge on any atom is 0.341 e. The van der Waals surface area contributed by atoms with Gasteiger partial charge in [-0.3, -0.25) is 0 Å². The van der Waals surface area contributed by atoms with Crippen LogP contribution in [0.2, 0.25) is 12.1 Å². The van der Waals surface area contributed by atoms with Crippen LogP contribution >= 0.6 is 33.2 Å². The van der Waals surface area contributed by atoms with Crippen molar-refractivity contribution in [2.45, 2.75) is 12.1 Å². The number of hydrogen-bond donors (Lipinski definition) is 0. The van der Waals surface area contributed by atoms with Crippen molar-refractivity contribution in [3.8, 4) is 0 Å². The molecule has 5 heteroatoms. The highest BCUT2D eigenvalue weighted by Gasteiger charge is 2.41. The van der Waals surface area contributed by atoms with Crippen molar-refractivity contribution in [3.05, 3.63) is 91.0 Å². The van der Waals surface area contributed by atoms with Crippen molar-refractivity contribution in [1.29, 1.82) is 0 Å². The summed E-state index contributed by atoms with van der Waals surface area (Å²) in [6.45, 7) is 0. The molecule has 128 valence electrons. The van der Waals surface area contributed by atoms with Gasteiger partial charge >= 0.3 is 6.00 Å². The van der Waals surface area contributed by atoms with E-state index in [0.717, 1.165) is 6.04 Å². The number of halogens is 3. The topological polar surface area (TPSA) is 0 Å². The minimum absolute atomic E-state index is 0.655. The summed E-state index contributed by atoms with van der Waals surface area (Å²) in [4.78, 5) is 0. The van der Waals surface area contributed by atoms with Crippen molar-refractivity contribution in [3.63, 3.8) is 0 Å². The Bertz CT molecular complexity index is 691. The first-order valence-electron chi connectivity index (χ1n) is 8.26. The van der Waals surface area contributed by atoms with Crippen LogP contribution in [-0.2, 0) is 0 Å². The molecule has 3 rings (SSSR count). The van der Waals surface area contributed by atoms with Crippen molar-refractivity contribution in [2.24, 2.45) is 0 Å².